The van der Waals surface area contributed by atoms with Crippen molar-refractivity contribution < 1.29 is 14.7 Å². The van der Waals surface area contributed by atoms with Gasteiger partial charge in [0.05, 0.1) is 12.2 Å². The van der Waals surface area contributed by atoms with Gasteiger partial charge in [0.1, 0.15) is 6.04 Å². The third-order valence-corrected chi connectivity index (χ3v) is 3.64. The number of aliphatic carboxylic acids is 1. The van der Waals surface area contributed by atoms with Gasteiger partial charge in [0.2, 0.25) is 5.91 Å². The van der Waals surface area contributed by atoms with E-state index < -0.39 is 12.0 Å². The number of halogens is 2. The van der Waals surface area contributed by atoms with E-state index in [0.717, 1.165) is 14.5 Å². The first-order valence-corrected chi connectivity index (χ1v) is 7.11. The van der Waals surface area contributed by atoms with Gasteiger partial charge in [0.15, 0.2) is 0 Å². The molecular weight excluding hydrogens is 380 g/mol. The maximum absolute atomic E-state index is 11.7. The molecule has 19 heavy (non-hydrogen) atoms. The lowest BCUT2D eigenvalue weighted by Gasteiger charge is -2.12. The van der Waals surface area contributed by atoms with Crippen LogP contribution in [0.3, 0.4) is 0 Å². The van der Waals surface area contributed by atoms with Gasteiger partial charge < -0.3 is 10.4 Å². The van der Waals surface area contributed by atoms with Crippen LogP contribution in [0.1, 0.15) is 12.5 Å². The van der Waals surface area contributed by atoms with E-state index in [0.29, 0.717) is 5.69 Å². The summed E-state index contributed by atoms with van der Waals surface area (Å²) >= 11 is 6.74. The number of carboxylic acid groups (broad SMARTS) is 1. The summed E-state index contributed by atoms with van der Waals surface area (Å²) in [5, 5.41) is 14.0. The summed E-state index contributed by atoms with van der Waals surface area (Å²) in [6.07, 6.45) is 0. The fourth-order valence-corrected chi connectivity index (χ4v) is 2.95. The van der Waals surface area contributed by atoms with Crippen molar-refractivity contribution >= 4 is 49.4 Å². The fourth-order valence-electron chi connectivity index (χ4n) is 1.34. The summed E-state index contributed by atoms with van der Waals surface area (Å²) in [6, 6.07) is 3.00. The lowest BCUT2D eigenvalue weighted by molar-refractivity contribution is -0.139. The minimum atomic E-state index is -0.995. The van der Waals surface area contributed by atoms with E-state index in [1.807, 2.05) is 19.1 Å². The maximum atomic E-state index is 11.7. The highest BCUT2D eigenvalue weighted by Gasteiger charge is 2.13. The van der Waals surface area contributed by atoms with Gasteiger partial charge in [0.25, 0.3) is 0 Å². The highest BCUT2D eigenvalue weighted by Crippen LogP contribution is 2.32. The van der Waals surface area contributed by atoms with Gasteiger partial charge in [-0.3, -0.25) is 14.9 Å². The standard InChI is InChI=1S/C12H14Br2N2O3/c1-6-3-8(13)11(9(14)4-6)16-10(17)5-15-7(2)12(18)19/h3-4,7,15H,5H2,1-2H3,(H,16,17)(H,18,19)/t7-/m1/s1. The van der Waals surface area contributed by atoms with Gasteiger partial charge in [-0.2, -0.15) is 0 Å². The van der Waals surface area contributed by atoms with E-state index in [9.17, 15) is 9.59 Å². The van der Waals surface area contributed by atoms with Gasteiger partial charge in [-0.1, -0.05) is 0 Å². The number of aryl methyl sites for hydroxylation is 1. The number of benzene rings is 1. The van der Waals surface area contributed by atoms with Crippen LogP contribution in [0.2, 0.25) is 0 Å². The highest BCUT2D eigenvalue weighted by molar-refractivity contribution is 9.11. The molecule has 0 aliphatic heterocycles. The molecule has 5 nitrogen and oxygen atoms in total. The number of carboxylic acids is 1. The molecule has 1 aromatic rings. The van der Waals surface area contributed by atoms with E-state index in [1.165, 1.54) is 6.92 Å². The minimum Gasteiger partial charge on any atom is -0.480 e. The normalized spacial score (nSPS) is 12.0. The molecule has 0 heterocycles. The lowest BCUT2D eigenvalue weighted by Crippen LogP contribution is -2.39. The third kappa shape index (κ3) is 4.93. The number of hydrogen-bond donors (Lipinski definition) is 3. The Morgan fingerprint density at radius 1 is 1.32 bits per heavy atom. The van der Waals surface area contributed by atoms with Crippen molar-refractivity contribution in [2.45, 2.75) is 19.9 Å². The first kappa shape index (κ1) is 16.1. The first-order valence-electron chi connectivity index (χ1n) is 5.53. The number of hydrogen-bond acceptors (Lipinski definition) is 3. The van der Waals surface area contributed by atoms with Gasteiger partial charge in [0, 0.05) is 8.95 Å². The second kappa shape index (κ2) is 7.02. The fraction of sp³-hybridized carbons (Fsp3) is 0.333. The van der Waals surface area contributed by atoms with Crippen molar-refractivity contribution in [2.75, 3.05) is 11.9 Å². The van der Waals surface area contributed by atoms with Crippen LogP contribution in [0.15, 0.2) is 21.1 Å². The van der Waals surface area contributed by atoms with E-state index in [4.69, 9.17) is 5.11 Å². The van der Waals surface area contributed by atoms with Gasteiger partial charge in [-0.15, -0.1) is 0 Å². The number of rotatable bonds is 5. The smallest absolute Gasteiger partial charge is 0.320 e. The molecule has 1 atom stereocenters. The molecule has 104 valence electrons. The van der Waals surface area contributed by atoms with Crippen LogP contribution in [-0.4, -0.2) is 29.6 Å². The predicted octanol–water partition coefficient (Wildman–Crippen LogP) is 2.52. The molecule has 0 aliphatic carbocycles. The zero-order valence-corrected chi connectivity index (χ0v) is 13.6. The van der Waals surface area contributed by atoms with Crippen LogP contribution < -0.4 is 10.6 Å². The number of anilines is 1. The molecule has 0 saturated carbocycles. The van der Waals surface area contributed by atoms with Crippen molar-refractivity contribution in [2.24, 2.45) is 0 Å². The molecule has 0 fully saturated rings. The van der Waals surface area contributed by atoms with Crippen molar-refractivity contribution in [1.82, 2.24) is 5.32 Å². The summed E-state index contributed by atoms with van der Waals surface area (Å²) in [5.41, 5.74) is 1.68. The zero-order valence-electron chi connectivity index (χ0n) is 10.5. The number of amides is 1. The van der Waals surface area contributed by atoms with Gasteiger partial charge >= 0.3 is 5.97 Å². The van der Waals surface area contributed by atoms with Gasteiger partial charge in [-0.25, -0.2) is 0 Å². The molecular formula is C12H14Br2N2O3. The van der Waals surface area contributed by atoms with Crippen molar-refractivity contribution in [3.05, 3.63) is 26.6 Å². The molecule has 3 N–H and O–H groups in total. The van der Waals surface area contributed by atoms with E-state index in [2.05, 4.69) is 42.5 Å². The Balaban J connectivity index is 2.65. The number of carbonyl (C=O) groups is 2. The summed E-state index contributed by atoms with van der Waals surface area (Å²) < 4.78 is 1.53. The Kier molecular flexibility index (Phi) is 5.96. The third-order valence-electron chi connectivity index (χ3n) is 2.39. The van der Waals surface area contributed by atoms with Crippen LogP contribution in [0, 0.1) is 6.92 Å². The zero-order chi connectivity index (χ0) is 14.6. The van der Waals surface area contributed by atoms with Crippen molar-refractivity contribution in [3.8, 4) is 0 Å². The quantitative estimate of drug-likeness (QED) is 0.718. The molecule has 0 unspecified atom stereocenters. The van der Waals surface area contributed by atoms with E-state index in [1.54, 1.807) is 0 Å². The number of carbonyl (C=O) groups excluding carboxylic acids is 1. The largest absolute Gasteiger partial charge is 0.480 e. The van der Waals surface area contributed by atoms with Crippen LogP contribution in [0.25, 0.3) is 0 Å². The molecule has 1 aromatic carbocycles. The summed E-state index contributed by atoms with van der Waals surface area (Å²) in [6.45, 7) is 3.35. The Morgan fingerprint density at radius 2 is 1.84 bits per heavy atom. The Hall–Kier alpha value is -0.920. The maximum Gasteiger partial charge on any atom is 0.320 e. The molecule has 0 saturated heterocycles. The van der Waals surface area contributed by atoms with Crippen molar-refractivity contribution in [1.29, 1.82) is 0 Å². The Morgan fingerprint density at radius 3 is 2.32 bits per heavy atom. The monoisotopic (exact) mass is 392 g/mol. The van der Waals surface area contributed by atoms with Crippen molar-refractivity contribution in [3.63, 3.8) is 0 Å². The second-order valence-corrected chi connectivity index (χ2v) is 5.80. The SMILES string of the molecule is Cc1cc(Br)c(NC(=O)CN[C@H](C)C(=O)O)c(Br)c1. The summed E-state index contributed by atoms with van der Waals surface area (Å²) in [5.74, 6) is -1.30. The summed E-state index contributed by atoms with van der Waals surface area (Å²) in [4.78, 5) is 22.3. The first-order chi connectivity index (χ1) is 8.81. The average molecular weight is 394 g/mol. The average Bonchev–Trinajstić information content (AvgIpc) is 2.30. The Bertz CT molecular complexity index is 483. The topological polar surface area (TPSA) is 78.4 Å². The molecule has 1 rings (SSSR count). The second-order valence-electron chi connectivity index (χ2n) is 4.09. The molecule has 0 spiro atoms. The lowest BCUT2D eigenvalue weighted by atomic mass is 10.2. The predicted molar refractivity (Wildman–Crippen MR) is 80.3 cm³/mol. The molecule has 0 aromatic heterocycles. The Labute approximate surface area is 128 Å². The molecule has 1 amide bonds. The van der Waals surface area contributed by atoms with E-state index in [-0.39, 0.29) is 12.5 Å². The van der Waals surface area contributed by atoms with Crippen LogP contribution >= 0.6 is 31.9 Å². The van der Waals surface area contributed by atoms with Crippen LogP contribution in [0.4, 0.5) is 5.69 Å². The van der Waals surface area contributed by atoms with Crippen LogP contribution in [-0.2, 0) is 9.59 Å². The molecule has 0 bridgehead atoms. The molecule has 7 heteroatoms. The van der Waals surface area contributed by atoms with E-state index >= 15 is 0 Å². The van der Waals surface area contributed by atoms with Gasteiger partial charge in [-0.05, 0) is 63.4 Å². The summed E-state index contributed by atoms with van der Waals surface area (Å²) in [7, 11) is 0. The molecule has 0 aliphatic rings. The minimum absolute atomic E-state index is 0.0692. The highest BCUT2D eigenvalue weighted by atomic mass is 79.9. The molecule has 0 radical (unpaired) electrons. The number of nitrogens with one attached hydrogen (secondary N) is 2. The van der Waals surface area contributed by atoms with Crippen LogP contribution in [0.5, 0.6) is 0 Å².